The van der Waals surface area contributed by atoms with E-state index in [2.05, 4.69) is 10.6 Å². The quantitative estimate of drug-likeness (QED) is 0.709. The van der Waals surface area contributed by atoms with Gasteiger partial charge in [-0.05, 0) is 44.2 Å². The highest BCUT2D eigenvalue weighted by Crippen LogP contribution is 2.23. The molecule has 1 aromatic rings. The fourth-order valence-corrected chi connectivity index (χ4v) is 3.74. The van der Waals surface area contributed by atoms with Crippen LogP contribution in [0.4, 0.5) is 0 Å². The largest absolute Gasteiger partial charge is 0.352 e. The SMILES string of the molecule is CC[C@@H](C)NC(=O)[C@@H](NC(=O)c1ccccc1Cl)C1CCN(C(=O)C(C)C)CC1. The maximum absolute atomic E-state index is 12.9. The Kier molecular flexibility index (Phi) is 8.50. The average molecular weight is 422 g/mol. The van der Waals surface area contributed by atoms with Gasteiger partial charge in [-0.15, -0.1) is 0 Å². The van der Waals surface area contributed by atoms with E-state index >= 15 is 0 Å². The van der Waals surface area contributed by atoms with Crippen LogP contribution in [0.1, 0.15) is 57.3 Å². The van der Waals surface area contributed by atoms with Gasteiger partial charge in [-0.2, -0.15) is 0 Å². The number of carbonyl (C=O) groups is 3. The third-order valence-electron chi connectivity index (χ3n) is 5.51. The molecular formula is C22H32ClN3O3. The van der Waals surface area contributed by atoms with E-state index in [1.54, 1.807) is 24.3 Å². The predicted octanol–water partition coefficient (Wildman–Crippen LogP) is 3.25. The Bertz CT molecular complexity index is 730. The molecular weight excluding hydrogens is 390 g/mol. The van der Waals surface area contributed by atoms with Gasteiger partial charge in [0.1, 0.15) is 6.04 Å². The predicted molar refractivity (Wildman–Crippen MR) is 115 cm³/mol. The number of rotatable bonds is 7. The van der Waals surface area contributed by atoms with Crippen molar-refractivity contribution < 1.29 is 14.4 Å². The number of likely N-dealkylation sites (tertiary alicyclic amines) is 1. The molecule has 0 radical (unpaired) electrons. The second-order valence-corrected chi connectivity index (χ2v) is 8.47. The van der Waals surface area contributed by atoms with E-state index in [0.29, 0.717) is 36.5 Å². The lowest BCUT2D eigenvalue weighted by Crippen LogP contribution is -2.55. The van der Waals surface area contributed by atoms with E-state index in [4.69, 9.17) is 11.6 Å². The maximum atomic E-state index is 12.9. The van der Waals surface area contributed by atoms with Gasteiger partial charge >= 0.3 is 0 Å². The third kappa shape index (κ3) is 6.20. The number of halogens is 1. The van der Waals surface area contributed by atoms with Crippen LogP contribution in [-0.2, 0) is 9.59 Å². The van der Waals surface area contributed by atoms with Crippen molar-refractivity contribution in [3.63, 3.8) is 0 Å². The maximum Gasteiger partial charge on any atom is 0.253 e. The number of piperidine rings is 1. The summed E-state index contributed by atoms with van der Waals surface area (Å²) in [5, 5.41) is 6.23. The molecule has 6 nitrogen and oxygen atoms in total. The minimum Gasteiger partial charge on any atom is -0.352 e. The van der Waals surface area contributed by atoms with Crippen LogP contribution in [-0.4, -0.2) is 47.8 Å². The van der Waals surface area contributed by atoms with Crippen LogP contribution < -0.4 is 10.6 Å². The van der Waals surface area contributed by atoms with Crippen LogP contribution in [0.3, 0.4) is 0 Å². The molecule has 2 rings (SSSR count). The summed E-state index contributed by atoms with van der Waals surface area (Å²) in [7, 11) is 0. The molecule has 1 aliphatic rings. The molecule has 0 aromatic heterocycles. The van der Waals surface area contributed by atoms with Gasteiger partial charge in [-0.25, -0.2) is 0 Å². The van der Waals surface area contributed by atoms with Gasteiger partial charge in [-0.3, -0.25) is 14.4 Å². The summed E-state index contributed by atoms with van der Waals surface area (Å²) < 4.78 is 0. The Morgan fingerprint density at radius 1 is 1.10 bits per heavy atom. The fraction of sp³-hybridized carbons (Fsp3) is 0.591. The number of carbonyl (C=O) groups excluding carboxylic acids is 3. The van der Waals surface area contributed by atoms with Crippen molar-refractivity contribution >= 4 is 29.3 Å². The van der Waals surface area contributed by atoms with Gasteiger partial charge in [-0.1, -0.05) is 44.5 Å². The second-order valence-electron chi connectivity index (χ2n) is 8.07. The zero-order valence-electron chi connectivity index (χ0n) is 17.7. The first-order valence-electron chi connectivity index (χ1n) is 10.4. The van der Waals surface area contributed by atoms with Crippen molar-refractivity contribution in [3.05, 3.63) is 34.9 Å². The lowest BCUT2D eigenvalue weighted by Gasteiger charge is -2.36. The third-order valence-corrected chi connectivity index (χ3v) is 5.83. The minimum absolute atomic E-state index is 0.0184. The Morgan fingerprint density at radius 2 is 1.72 bits per heavy atom. The smallest absolute Gasteiger partial charge is 0.253 e. The summed E-state index contributed by atoms with van der Waals surface area (Å²) in [6, 6.07) is 6.15. The molecule has 0 aliphatic carbocycles. The number of hydrogen-bond acceptors (Lipinski definition) is 3. The van der Waals surface area contributed by atoms with Crippen LogP contribution in [0.5, 0.6) is 0 Å². The van der Waals surface area contributed by atoms with Crippen LogP contribution in [0.15, 0.2) is 24.3 Å². The summed E-state index contributed by atoms with van der Waals surface area (Å²) in [4.78, 5) is 39.9. The number of nitrogens with one attached hydrogen (secondary N) is 2. The molecule has 160 valence electrons. The summed E-state index contributed by atoms with van der Waals surface area (Å²) in [5.74, 6) is -0.504. The van der Waals surface area contributed by atoms with Gasteiger partial charge in [0.25, 0.3) is 5.91 Å². The van der Waals surface area contributed by atoms with Crippen LogP contribution in [0.25, 0.3) is 0 Å². The van der Waals surface area contributed by atoms with Gasteiger partial charge in [0.2, 0.25) is 11.8 Å². The average Bonchev–Trinajstić information content (AvgIpc) is 2.71. The van der Waals surface area contributed by atoms with E-state index in [0.717, 1.165) is 6.42 Å². The van der Waals surface area contributed by atoms with Crippen molar-refractivity contribution in [2.24, 2.45) is 11.8 Å². The monoisotopic (exact) mass is 421 g/mol. The van der Waals surface area contributed by atoms with Crippen molar-refractivity contribution in [1.29, 1.82) is 0 Å². The molecule has 1 aromatic carbocycles. The van der Waals surface area contributed by atoms with Gasteiger partial charge in [0.05, 0.1) is 10.6 Å². The van der Waals surface area contributed by atoms with Crippen molar-refractivity contribution in [2.45, 2.75) is 59.0 Å². The zero-order valence-corrected chi connectivity index (χ0v) is 18.5. The molecule has 29 heavy (non-hydrogen) atoms. The standard InChI is InChI=1S/C22H32ClN3O3/c1-5-15(4)24-21(28)19(25-20(27)17-8-6-7-9-18(17)23)16-10-12-26(13-11-16)22(29)14(2)3/h6-9,14-16,19H,5,10-13H2,1-4H3,(H,24,28)(H,25,27)/t15-,19+/m1/s1. The number of nitrogens with zero attached hydrogens (tertiary/aromatic N) is 1. The summed E-state index contributed by atoms with van der Waals surface area (Å²) >= 11 is 6.15. The number of hydrogen-bond donors (Lipinski definition) is 2. The van der Waals surface area contributed by atoms with E-state index < -0.39 is 6.04 Å². The summed E-state index contributed by atoms with van der Waals surface area (Å²) in [6.07, 6.45) is 2.14. The van der Waals surface area contributed by atoms with Crippen molar-refractivity contribution in [1.82, 2.24) is 15.5 Å². The normalized spacial score (nSPS) is 17.0. The Hall–Kier alpha value is -2.08. The fourth-order valence-electron chi connectivity index (χ4n) is 3.51. The Balaban J connectivity index is 2.13. The lowest BCUT2D eigenvalue weighted by molar-refractivity contribution is -0.136. The van der Waals surface area contributed by atoms with Crippen LogP contribution in [0, 0.1) is 11.8 Å². The first-order chi connectivity index (χ1) is 13.7. The van der Waals surface area contributed by atoms with Gasteiger partial charge in [0.15, 0.2) is 0 Å². The van der Waals surface area contributed by atoms with E-state index in [1.165, 1.54) is 0 Å². The molecule has 1 aliphatic heterocycles. The number of amides is 3. The van der Waals surface area contributed by atoms with E-state index in [9.17, 15) is 14.4 Å². The van der Waals surface area contributed by atoms with Crippen molar-refractivity contribution in [2.75, 3.05) is 13.1 Å². The van der Waals surface area contributed by atoms with Gasteiger partial charge < -0.3 is 15.5 Å². The summed E-state index contributed by atoms with van der Waals surface area (Å²) in [5.41, 5.74) is 0.350. The van der Waals surface area contributed by atoms with Crippen LogP contribution in [0.2, 0.25) is 5.02 Å². The highest BCUT2D eigenvalue weighted by Gasteiger charge is 2.34. The molecule has 0 unspecified atom stereocenters. The molecule has 7 heteroatoms. The molecule has 0 spiro atoms. The lowest BCUT2D eigenvalue weighted by atomic mass is 9.88. The molecule has 1 saturated heterocycles. The van der Waals surface area contributed by atoms with Crippen molar-refractivity contribution in [3.8, 4) is 0 Å². The van der Waals surface area contributed by atoms with Gasteiger partial charge in [0, 0.05) is 25.0 Å². The first-order valence-corrected chi connectivity index (χ1v) is 10.8. The highest BCUT2D eigenvalue weighted by atomic mass is 35.5. The molecule has 0 saturated carbocycles. The van der Waals surface area contributed by atoms with E-state index in [-0.39, 0.29) is 35.6 Å². The molecule has 1 fully saturated rings. The molecule has 3 amide bonds. The second kappa shape index (κ2) is 10.6. The summed E-state index contributed by atoms with van der Waals surface area (Å²) in [6.45, 7) is 8.90. The van der Waals surface area contributed by atoms with E-state index in [1.807, 2.05) is 32.6 Å². The highest BCUT2D eigenvalue weighted by molar-refractivity contribution is 6.33. The zero-order chi connectivity index (χ0) is 21.6. The topological polar surface area (TPSA) is 78.5 Å². The molecule has 2 N–H and O–H groups in total. The molecule has 2 atom stereocenters. The van der Waals surface area contributed by atoms with Crippen LogP contribution >= 0.6 is 11.6 Å². The molecule has 0 bridgehead atoms. The Labute approximate surface area is 178 Å². The minimum atomic E-state index is -0.663. The number of benzene rings is 1. The first kappa shape index (κ1) is 23.2. The Morgan fingerprint density at radius 3 is 2.28 bits per heavy atom. The molecule has 1 heterocycles.